The minimum Gasteiger partial charge on any atom is -0.490 e. The molecule has 1 N–H and O–H groups in total. The molecule has 0 spiro atoms. The summed E-state index contributed by atoms with van der Waals surface area (Å²) in [7, 11) is -3.96. The summed E-state index contributed by atoms with van der Waals surface area (Å²) < 4.78 is 78.3. The van der Waals surface area contributed by atoms with Crippen LogP contribution >= 0.6 is 0 Å². The quantitative estimate of drug-likeness (QED) is 0.866. The number of fused-ring (bicyclic) bond motifs is 1. The average Bonchev–Trinajstić information content (AvgIpc) is 2.79. The monoisotopic (exact) mass is 389 g/mol. The molecule has 0 amide bonds. The third-order valence-electron chi connectivity index (χ3n) is 3.37. The number of sulfonamides is 1. The molecule has 26 heavy (non-hydrogen) atoms. The maximum atomic E-state index is 12.5. The fourth-order valence-corrected chi connectivity index (χ4v) is 3.32. The lowest BCUT2D eigenvalue weighted by Gasteiger charge is -2.12. The van der Waals surface area contributed by atoms with Gasteiger partial charge in [-0.3, -0.25) is 4.72 Å². The van der Waals surface area contributed by atoms with Gasteiger partial charge in [-0.05, 0) is 36.4 Å². The van der Waals surface area contributed by atoms with Gasteiger partial charge < -0.3 is 14.2 Å². The Balaban J connectivity index is 1.77. The standard InChI is InChI=1S/C16H14F3NO5S/c17-16(18,19)25-12-4-2-11(3-5-12)20-26(21,22)13-6-7-14-15(10-13)24-9-1-8-23-14/h2-7,10,20H,1,8-9H2. The summed E-state index contributed by atoms with van der Waals surface area (Å²) in [4.78, 5) is -0.0580. The number of rotatable bonds is 4. The number of halogens is 3. The summed E-state index contributed by atoms with van der Waals surface area (Å²) >= 11 is 0. The zero-order chi connectivity index (χ0) is 18.8. The molecular weight excluding hydrogens is 375 g/mol. The molecule has 1 aliphatic rings. The molecule has 0 fully saturated rings. The van der Waals surface area contributed by atoms with Crippen LogP contribution in [0.2, 0.25) is 0 Å². The molecule has 0 bridgehead atoms. The highest BCUT2D eigenvalue weighted by Crippen LogP contribution is 2.32. The van der Waals surface area contributed by atoms with Gasteiger partial charge in [0, 0.05) is 18.2 Å². The first-order chi connectivity index (χ1) is 12.2. The summed E-state index contributed by atoms with van der Waals surface area (Å²) in [5.74, 6) is 0.324. The third-order valence-corrected chi connectivity index (χ3v) is 4.75. The van der Waals surface area contributed by atoms with E-state index in [4.69, 9.17) is 9.47 Å². The summed E-state index contributed by atoms with van der Waals surface area (Å²) in [5.41, 5.74) is 0.0895. The van der Waals surface area contributed by atoms with Gasteiger partial charge in [-0.1, -0.05) is 0 Å². The number of benzene rings is 2. The van der Waals surface area contributed by atoms with E-state index in [1.165, 1.54) is 30.3 Å². The number of hydrogen-bond acceptors (Lipinski definition) is 5. The number of ether oxygens (including phenoxy) is 3. The normalized spacial score (nSPS) is 14.4. The zero-order valence-corrected chi connectivity index (χ0v) is 14.1. The Morgan fingerprint density at radius 2 is 1.62 bits per heavy atom. The molecular formula is C16H14F3NO5S. The molecule has 1 aliphatic heterocycles. The van der Waals surface area contributed by atoms with Crippen molar-refractivity contribution in [2.24, 2.45) is 0 Å². The van der Waals surface area contributed by atoms with Crippen LogP contribution in [0.25, 0.3) is 0 Å². The van der Waals surface area contributed by atoms with Gasteiger partial charge in [0.1, 0.15) is 5.75 Å². The highest BCUT2D eigenvalue weighted by molar-refractivity contribution is 7.92. The van der Waals surface area contributed by atoms with Crippen LogP contribution in [-0.2, 0) is 10.0 Å². The Kier molecular flexibility index (Phi) is 4.86. The van der Waals surface area contributed by atoms with Crippen molar-refractivity contribution in [3.8, 4) is 17.2 Å². The molecule has 0 unspecified atom stereocenters. The van der Waals surface area contributed by atoms with E-state index in [-0.39, 0.29) is 10.6 Å². The molecule has 0 aliphatic carbocycles. The van der Waals surface area contributed by atoms with E-state index in [9.17, 15) is 21.6 Å². The second kappa shape index (κ2) is 6.94. The molecule has 3 rings (SSSR count). The largest absolute Gasteiger partial charge is 0.573 e. The number of alkyl halides is 3. The van der Waals surface area contributed by atoms with Crippen LogP contribution in [0.15, 0.2) is 47.4 Å². The van der Waals surface area contributed by atoms with Crippen molar-refractivity contribution in [3.63, 3.8) is 0 Å². The Bertz CT molecular complexity index is 882. The van der Waals surface area contributed by atoms with Crippen molar-refractivity contribution in [2.75, 3.05) is 17.9 Å². The van der Waals surface area contributed by atoms with Gasteiger partial charge in [0.15, 0.2) is 11.5 Å². The SMILES string of the molecule is O=S(=O)(Nc1ccc(OC(F)(F)F)cc1)c1ccc2c(c1)OCCCO2. The van der Waals surface area contributed by atoms with Crippen molar-refractivity contribution < 1.29 is 35.8 Å². The lowest BCUT2D eigenvalue weighted by molar-refractivity contribution is -0.274. The molecule has 0 atom stereocenters. The van der Waals surface area contributed by atoms with Crippen molar-refractivity contribution in [1.82, 2.24) is 0 Å². The van der Waals surface area contributed by atoms with Gasteiger partial charge >= 0.3 is 6.36 Å². The Morgan fingerprint density at radius 1 is 0.962 bits per heavy atom. The summed E-state index contributed by atoms with van der Waals surface area (Å²) in [6.45, 7) is 0.883. The lowest BCUT2D eigenvalue weighted by Crippen LogP contribution is -2.17. The Morgan fingerprint density at radius 3 is 2.27 bits per heavy atom. The summed E-state index contributed by atoms with van der Waals surface area (Å²) in [5, 5.41) is 0. The number of hydrogen-bond donors (Lipinski definition) is 1. The van der Waals surface area contributed by atoms with E-state index in [0.29, 0.717) is 31.1 Å². The molecule has 0 radical (unpaired) electrons. The molecule has 2 aromatic carbocycles. The Hall–Kier alpha value is -2.62. The van der Waals surface area contributed by atoms with Gasteiger partial charge in [0.05, 0.1) is 18.1 Å². The van der Waals surface area contributed by atoms with E-state index in [2.05, 4.69) is 9.46 Å². The van der Waals surface area contributed by atoms with Crippen LogP contribution in [-0.4, -0.2) is 28.0 Å². The van der Waals surface area contributed by atoms with Gasteiger partial charge in [0.2, 0.25) is 0 Å². The second-order valence-electron chi connectivity index (χ2n) is 5.34. The fraction of sp³-hybridized carbons (Fsp3) is 0.250. The van der Waals surface area contributed by atoms with E-state index < -0.39 is 22.1 Å². The van der Waals surface area contributed by atoms with Crippen LogP contribution < -0.4 is 18.9 Å². The first kappa shape index (κ1) is 18.2. The molecule has 1 heterocycles. The van der Waals surface area contributed by atoms with Crippen molar-refractivity contribution in [2.45, 2.75) is 17.7 Å². The maximum absolute atomic E-state index is 12.5. The van der Waals surface area contributed by atoms with Gasteiger partial charge in [-0.25, -0.2) is 8.42 Å². The maximum Gasteiger partial charge on any atom is 0.573 e. The molecule has 140 valence electrons. The van der Waals surface area contributed by atoms with Crippen LogP contribution in [0.3, 0.4) is 0 Å². The van der Waals surface area contributed by atoms with Gasteiger partial charge in [-0.2, -0.15) is 0 Å². The highest BCUT2D eigenvalue weighted by Gasteiger charge is 2.31. The van der Waals surface area contributed by atoms with Crippen molar-refractivity contribution >= 4 is 15.7 Å². The average molecular weight is 389 g/mol. The van der Waals surface area contributed by atoms with Crippen LogP contribution in [0, 0.1) is 0 Å². The molecule has 6 nitrogen and oxygen atoms in total. The van der Waals surface area contributed by atoms with Crippen LogP contribution in [0.1, 0.15) is 6.42 Å². The van der Waals surface area contributed by atoms with Crippen LogP contribution in [0.5, 0.6) is 17.2 Å². The first-order valence-electron chi connectivity index (χ1n) is 7.51. The predicted octanol–water partition coefficient (Wildman–Crippen LogP) is 3.55. The molecule has 0 saturated heterocycles. The number of nitrogens with one attached hydrogen (secondary N) is 1. The minimum atomic E-state index is -4.81. The molecule has 0 aromatic heterocycles. The molecule has 10 heteroatoms. The van der Waals surface area contributed by atoms with Gasteiger partial charge in [-0.15, -0.1) is 13.2 Å². The minimum absolute atomic E-state index is 0.0580. The smallest absolute Gasteiger partial charge is 0.490 e. The zero-order valence-electron chi connectivity index (χ0n) is 13.2. The molecule has 2 aromatic rings. The predicted molar refractivity (Wildman–Crippen MR) is 86.0 cm³/mol. The van der Waals surface area contributed by atoms with Crippen LogP contribution in [0.4, 0.5) is 18.9 Å². The van der Waals surface area contributed by atoms with Crippen molar-refractivity contribution in [1.29, 1.82) is 0 Å². The first-order valence-corrected chi connectivity index (χ1v) is 8.99. The Labute approximate surface area is 147 Å². The van der Waals surface area contributed by atoms with Crippen molar-refractivity contribution in [3.05, 3.63) is 42.5 Å². The summed E-state index contributed by atoms with van der Waals surface area (Å²) in [6.07, 6.45) is -4.13. The van der Waals surface area contributed by atoms with Gasteiger partial charge in [0.25, 0.3) is 10.0 Å². The summed E-state index contributed by atoms with van der Waals surface area (Å²) in [6, 6.07) is 8.55. The lowest BCUT2D eigenvalue weighted by atomic mass is 10.3. The fourth-order valence-electron chi connectivity index (χ4n) is 2.25. The van der Waals surface area contributed by atoms with E-state index in [1.807, 2.05) is 0 Å². The number of anilines is 1. The van der Waals surface area contributed by atoms with E-state index >= 15 is 0 Å². The van der Waals surface area contributed by atoms with E-state index in [1.54, 1.807) is 0 Å². The van der Waals surface area contributed by atoms with E-state index in [0.717, 1.165) is 12.1 Å². The third kappa shape index (κ3) is 4.51. The highest BCUT2D eigenvalue weighted by atomic mass is 32.2. The second-order valence-corrected chi connectivity index (χ2v) is 7.02. The molecule has 0 saturated carbocycles. The topological polar surface area (TPSA) is 73.9 Å².